The van der Waals surface area contributed by atoms with E-state index in [1.54, 1.807) is 12.1 Å². The van der Waals surface area contributed by atoms with Crippen molar-refractivity contribution in [2.45, 2.75) is 18.9 Å². The lowest BCUT2D eigenvalue weighted by molar-refractivity contribution is 0.0957. The highest BCUT2D eigenvalue weighted by atomic mass is 16.5. The Bertz CT molecular complexity index is 461. The molecule has 82 valence electrons. The molecule has 1 aliphatic rings. The average molecular weight is 217 g/mol. The van der Waals surface area contributed by atoms with Crippen LogP contribution in [0.5, 0.6) is 5.75 Å². The Morgan fingerprint density at radius 2 is 2.38 bits per heavy atom. The summed E-state index contributed by atoms with van der Waals surface area (Å²) >= 11 is 0. The zero-order valence-corrected chi connectivity index (χ0v) is 8.86. The highest BCUT2D eigenvalue weighted by molar-refractivity contribution is 5.92. The number of aromatic nitrogens is 1. The molecule has 0 radical (unpaired) electrons. The molecular weight excluding hydrogens is 206 g/mol. The van der Waals surface area contributed by atoms with Crippen molar-refractivity contribution < 1.29 is 9.53 Å². The molecule has 1 aliphatic carbocycles. The van der Waals surface area contributed by atoms with Crippen molar-refractivity contribution in [2.24, 2.45) is 0 Å². The van der Waals surface area contributed by atoms with Gasteiger partial charge in [0.25, 0.3) is 5.91 Å². The third kappa shape index (κ3) is 2.28. The fraction of sp³-hybridized carbons (Fsp3) is 0.364. The summed E-state index contributed by atoms with van der Waals surface area (Å²) in [6.07, 6.45) is 2.28. The summed E-state index contributed by atoms with van der Waals surface area (Å²) in [7, 11) is 1.52. The summed E-state index contributed by atoms with van der Waals surface area (Å²) in [6, 6.07) is 5.01. The number of rotatable bonds is 3. The molecule has 0 unspecified atom stereocenters. The number of nitrogens with zero attached hydrogens (tertiary/aromatic N) is 2. The predicted molar refractivity (Wildman–Crippen MR) is 56.0 cm³/mol. The van der Waals surface area contributed by atoms with Crippen LogP contribution < -0.4 is 10.1 Å². The summed E-state index contributed by atoms with van der Waals surface area (Å²) < 4.78 is 5.53. The number of carbonyl (C=O) groups excluding carboxylic acids is 1. The second-order valence-corrected chi connectivity index (χ2v) is 3.58. The van der Waals surface area contributed by atoms with Crippen molar-refractivity contribution in [1.82, 2.24) is 10.3 Å². The highest BCUT2D eigenvalue weighted by Gasteiger charge is 2.24. The minimum Gasteiger partial charge on any atom is -0.490 e. The Hall–Kier alpha value is -2.09. The van der Waals surface area contributed by atoms with Gasteiger partial charge in [-0.15, -0.1) is 0 Å². The molecule has 1 fully saturated rings. The second-order valence-electron chi connectivity index (χ2n) is 3.58. The van der Waals surface area contributed by atoms with Crippen molar-refractivity contribution in [3.63, 3.8) is 0 Å². The summed E-state index contributed by atoms with van der Waals surface area (Å²) in [5.74, 6) is 0.213. The molecule has 0 saturated heterocycles. The predicted octanol–water partition coefficient (Wildman–Crippen LogP) is 0.854. The molecule has 0 spiro atoms. The van der Waals surface area contributed by atoms with Gasteiger partial charge in [0.1, 0.15) is 23.2 Å². The Kier molecular flexibility index (Phi) is 2.73. The molecule has 0 atom stereocenters. The van der Waals surface area contributed by atoms with E-state index in [0.29, 0.717) is 5.75 Å². The summed E-state index contributed by atoms with van der Waals surface area (Å²) in [6.45, 7) is 0. The highest BCUT2D eigenvalue weighted by Crippen LogP contribution is 2.27. The molecule has 1 amide bonds. The number of carbonyl (C=O) groups is 1. The van der Waals surface area contributed by atoms with Gasteiger partial charge in [-0.05, 0) is 12.8 Å². The number of hydrogen-bond acceptors (Lipinski definition) is 4. The van der Waals surface area contributed by atoms with Crippen LogP contribution in [-0.2, 0) is 0 Å². The maximum atomic E-state index is 11.4. The standard InChI is InChI=1S/C11H11N3O2/c1-13-11(15)10-5-9(16-8-2-3-8)4-7(6-12)14-10/h4-5,8H,2-3H2,1H3,(H,13,15). The van der Waals surface area contributed by atoms with E-state index in [-0.39, 0.29) is 23.4 Å². The molecular formula is C11H11N3O2. The topological polar surface area (TPSA) is 75.0 Å². The number of nitrogens with one attached hydrogen (secondary N) is 1. The molecule has 5 heteroatoms. The first-order chi connectivity index (χ1) is 7.72. The third-order valence-electron chi connectivity index (χ3n) is 2.20. The first-order valence-electron chi connectivity index (χ1n) is 5.04. The van der Waals surface area contributed by atoms with E-state index in [9.17, 15) is 4.79 Å². The fourth-order valence-electron chi connectivity index (χ4n) is 1.25. The van der Waals surface area contributed by atoms with Crippen LogP contribution >= 0.6 is 0 Å². The molecule has 1 heterocycles. The van der Waals surface area contributed by atoms with Crippen molar-refractivity contribution in [1.29, 1.82) is 5.26 Å². The number of ether oxygens (including phenoxy) is 1. The van der Waals surface area contributed by atoms with Crippen LogP contribution in [0.25, 0.3) is 0 Å². The molecule has 5 nitrogen and oxygen atoms in total. The first-order valence-corrected chi connectivity index (χ1v) is 5.04. The van der Waals surface area contributed by atoms with Gasteiger partial charge in [-0.2, -0.15) is 5.26 Å². The number of hydrogen-bond donors (Lipinski definition) is 1. The van der Waals surface area contributed by atoms with Crippen molar-refractivity contribution in [3.05, 3.63) is 23.5 Å². The third-order valence-corrected chi connectivity index (χ3v) is 2.20. The van der Waals surface area contributed by atoms with Gasteiger partial charge in [0.05, 0.1) is 6.10 Å². The molecule has 1 N–H and O–H groups in total. The fourth-order valence-corrected chi connectivity index (χ4v) is 1.25. The minimum absolute atomic E-state index is 0.191. The van der Waals surface area contributed by atoms with Crippen LogP contribution in [0.3, 0.4) is 0 Å². The van der Waals surface area contributed by atoms with Crippen LogP contribution in [0.2, 0.25) is 0 Å². The minimum atomic E-state index is -0.322. The zero-order chi connectivity index (χ0) is 11.5. The van der Waals surface area contributed by atoms with E-state index in [1.165, 1.54) is 7.05 Å². The SMILES string of the molecule is CNC(=O)c1cc(OC2CC2)cc(C#N)n1. The van der Waals surface area contributed by atoms with Gasteiger partial charge in [0.15, 0.2) is 0 Å². The maximum Gasteiger partial charge on any atom is 0.269 e. The Balaban J connectivity index is 2.30. The molecule has 1 aromatic heterocycles. The number of amides is 1. The lowest BCUT2D eigenvalue weighted by Gasteiger charge is -2.06. The van der Waals surface area contributed by atoms with E-state index in [1.807, 2.05) is 6.07 Å². The summed E-state index contributed by atoms with van der Waals surface area (Å²) in [5.41, 5.74) is 0.397. The summed E-state index contributed by atoms with van der Waals surface area (Å²) in [5, 5.41) is 11.3. The van der Waals surface area contributed by atoms with E-state index >= 15 is 0 Å². The van der Waals surface area contributed by atoms with Crippen LogP contribution in [0.1, 0.15) is 29.0 Å². The lowest BCUT2D eigenvalue weighted by atomic mass is 10.2. The molecule has 16 heavy (non-hydrogen) atoms. The Morgan fingerprint density at radius 1 is 1.62 bits per heavy atom. The van der Waals surface area contributed by atoms with E-state index in [2.05, 4.69) is 10.3 Å². The quantitative estimate of drug-likeness (QED) is 0.814. The maximum absolute atomic E-state index is 11.4. The molecule has 2 rings (SSSR count). The smallest absolute Gasteiger partial charge is 0.269 e. The molecule has 0 aromatic carbocycles. The second kappa shape index (κ2) is 4.19. The van der Waals surface area contributed by atoms with Gasteiger partial charge >= 0.3 is 0 Å². The average Bonchev–Trinajstić information content (AvgIpc) is 3.11. The largest absolute Gasteiger partial charge is 0.490 e. The van der Waals surface area contributed by atoms with Gasteiger partial charge in [0.2, 0.25) is 0 Å². The van der Waals surface area contributed by atoms with Gasteiger partial charge in [-0.3, -0.25) is 4.79 Å². The van der Waals surface area contributed by atoms with E-state index in [0.717, 1.165) is 12.8 Å². The molecule has 0 bridgehead atoms. The monoisotopic (exact) mass is 217 g/mol. The van der Waals surface area contributed by atoms with Crippen molar-refractivity contribution in [2.75, 3.05) is 7.05 Å². The number of pyridine rings is 1. The van der Waals surface area contributed by atoms with Crippen molar-refractivity contribution >= 4 is 5.91 Å². The van der Waals surface area contributed by atoms with Crippen molar-refractivity contribution in [3.8, 4) is 11.8 Å². The lowest BCUT2D eigenvalue weighted by Crippen LogP contribution is -2.19. The zero-order valence-electron chi connectivity index (χ0n) is 8.86. The van der Waals surface area contributed by atoms with Crippen LogP contribution in [0, 0.1) is 11.3 Å². The summed E-state index contributed by atoms with van der Waals surface area (Å²) in [4.78, 5) is 15.3. The Labute approximate surface area is 93.1 Å². The van der Waals surface area contributed by atoms with Gasteiger partial charge in [-0.1, -0.05) is 0 Å². The first kappa shape index (κ1) is 10.4. The van der Waals surface area contributed by atoms with Crippen LogP contribution in [-0.4, -0.2) is 24.0 Å². The number of nitriles is 1. The van der Waals surface area contributed by atoms with Gasteiger partial charge in [0, 0.05) is 19.2 Å². The van der Waals surface area contributed by atoms with E-state index in [4.69, 9.17) is 10.00 Å². The Morgan fingerprint density at radius 3 is 2.94 bits per heavy atom. The molecule has 1 saturated carbocycles. The van der Waals surface area contributed by atoms with Crippen LogP contribution in [0.15, 0.2) is 12.1 Å². The molecule has 1 aromatic rings. The van der Waals surface area contributed by atoms with Gasteiger partial charge < -0.3 is 10.1 Å². The van der Waals surface area contributed by atoms with E-state index < -0.39 is 0 Å². The molecule has 0 aliphatic heterocycles. The van der Waals surface area contributed by atoms with Gasteiger partial charge in [-0.25, -0.2) is 4.98 Å². The van der Waals surface area contributed by atoms with Crippen LogP contribution in [0.4, 0.5) is 0 Å². The normalized spacial score (nSPS) is 14.0.